The Morgan fingerprint density at radius 1 is 1.00 bits per heavy atom. The van der Waals surface area contributed by atoms with E-state index in [1.54, 1.807) is 0 Å². The van der Waals surface area contributed by atoms with Crippen molar-refractivity contribution in [3.63, 3.8) is 0 Å². The summed E-state index contributed by atoms with van der Waals surface area (Å²) < 4.78 is 0. The third-order valence-corrected chi connectivity index (χ3v) is 2.56. The van der Waals surface area contributed by atoms with Gasteiger partial charge in [0.25, 0.3) is 0 Å². The molecule has 4 N–H and O–H groups in total. The molecule has 0 atom stereocenters. The summed E-state index contributed by atoms with van der Waals surface area (Å²) in [4.78, 5) is 0. The molecule has 0 aromatic rings. The van der Waals surface area contributed by atoms with Crippen LogP contribution >= 0.6 is 23.2 Å². The van der Waals surface area contributed by atoms with Gasteiger partial charge in [0.2, 0.25) is 0 Å². The maximum absolute atomic E-state index is 6.03. The van der Waals surface area contributed by atoms with Crippen LogP contribution in [0.2, 0.25) is 0 Å². The molecule has 0 amide bonds. The van der Waals surface area contributed by atoms with Gasteiger partial charge in [0.15, 0.2) is 0 Å². The first kappa shape index (κ1) is 12.5. The Kier molecular flexibility index (Phi) is 7.25. The van der Waals surface area contributed by atoms with E-state index in [0.29, 0.717) is 18.3 Å². The van der Waals surface area contributed by atoms with Gasteiger partial charge in [0, 0.05) is 23.8 Å². The maximum atomic E-state index is 6.03. The van der Waals surface area contributed by atoms with Crippen LogP contribution in [0.3, 0.4) is 0 Å². The smallest absolute Gasteiger partial charge is 0.0279 e. The summed E-state index contributed by atoms with van der Waals surface area (Å²) >= 11 is 11.2. The molecule has 12 heavy (non-hydrogen) atoms. The van der Waals surface area contributed by atoms with Gasteiger partial charge in [-0.05, 0) is 25.7 Å². The van der Waals surface area contributed by atoms with Crippen LogP contribution < -0.4 is 11.5 Å². The predicted molar refractivity (Wildman–Crippen MR) is 55.9 cm³/mol. The van der Waals surface area contributed by atoms with Crippen molar-refractivity contribution in [2.75, 3.05) is 18.3 Å². The van der Waals surface area contributed by atoms with Crippen molar-refractivity contribution in [1.82, 2.24) is 0 Å². The molecule has 0 rings (SSSR count). The number of hydrogen-bond donors (Lipinski definition) is 2. The summed E-state index contributed by atoms with van der Waals surface area (Å²) in [5.41, 5.74) is 11.4. The second-order valence-electron chi connectivity index (χ2n) is 3.15. The normalized spacial score (nSPS) is 12.0. The lowest BCUT2D eigenvalue weighted by Gasteiger charge is -2.27. The van der Waals surface area contributed by atoms with E-state index in [1.165, 1.54) is 0 Å². The fraction of sp³-hybridized carbons (Fsp3) is 1.00. The Balaban J connectivity index is 3.70. The van der Waals surface area contributed by atoms with Crippen molar-refractivity contribution in [2.45, 2.75) is 31.2 Å². The highest BCUT2D eigenvalue weighted by atomic mass is 35.5. The molecule has 0 spiro atoms. The van der Waals surface area contributed by atoms with E-state index in [9.17, 15) is 0 Å². The topological polar surface area (TPSA) is 52.0 Å². The number of hydrogen-bond acceptors (Lipinski definition) is 2. The average molecular weight is 213 g/mol. The molecule has 0 aromatic heterocycles. The Morgan fingerprint density at radius 2 is 1.42 bits per heavy atom. The van der Waals surface area contributed by atoms with Gasteiger partial charge in [-0.15, -0.1) is 23.2 Å². The van der Waals surface area contributed by atoms with Gasteiger partial charge in [-0.1, -0.05) is 0 Å². The molecule has 0 aliphatic rings. The van der Waals surface area contributed by atoms with Gasteiger partial charge in [-0.3, -0.25) is 0 Å². The molecule has 0 aliphatic carbocycles. The van der Waals surface area contributed by atoms with E-state index in [2.05, 4.69) is 0 Å². The lowest BCUT2D eigenvalue weighted by Crippen LogP contribution is -2.47. The largest absolute Gasteiger partial charge is 0.329 e. The number of halogens is 2. The SMILES string of the molecule is NCC(N)(CCCCl)CCCCl. The molecule has 0 fully saturated rings. The van der Waals surface area contributed by atoms with Crippen molar-refractivity contribution in [2.24, 2.45) is 11.5 Å². The van der Waals surface area contributed by atoms with Gasteiger partial charge in [-0.2, -0.15) is 0 Å². The van der Waals surface area contributed by atoms with Gasteiger partial charge in [0.1, 0.15) is 0 Å². The Bertz CT molecular complexity index is 101. The number of nitrogens with two attached hydrogens (primary N) is 2. The monoisotopic (exact) mass is 212 g/mol. The highest BCUT2D eigenvalue weighted by Crippen LogP contribution is 2.15. The molecule has 0 heterocycles. The second-order valence-corrected chi connectivity index (χ2v) is 3.91. The fourth-order valence-electron chi connectivity index (χ4n) is 1.17. The van der Waals surface area contributed by atoms with E-state index >= 15 is 0 Å². The van der Waals surface area contributed by atoms with Crippen molar-refractivity contribution in [3.05, 3.63) is 0 Å². The summed E-state index contributed by atoms with van der Waals surface area (Å²) in [7, 11) is 0. The minimum absolute atomic E-state index is 0.246. The highest BCUT2D eigenvalue weighted by Gasteiger charge is 2.21. The van der Waals surface area contributed by atoms with Crippen LogP contribution in [0.5, 0.6) is 0 Å². The Labute approximate surface area is 84.6 Å². The van der Waals surface area contributed by atoms with Crippen LogP contribution in [0, 0.1) is 0 Å². The summed E-state index contributed by atoms with van der Waals surface area (Å²) in [6.07, 6.45) is 3.64. The van der Waals surface area contributed by atoms with Crippen LogP contribution in [-0.2, 0) is 0 Å². The lowest BCUT2D eigenvalue weighted by atomic mass is 9.90. The van der Waals surface area contributed by atoms with Gasteiger partial charge in [-0.25, -0.2) is 0 Å². The molecule has 4 heteroatoms. The average Bonchev–Trinajstić information content (AvgIpc) is 2.11. The first-order valence-corrected chi connectivity index (χ1v) is 5.36. The lowest BCUT2D eigenvalue weighted by molar-refractivity contribution is 0.369. The van der Waals surface area contributed by atoms with Crippen molar-refractivity contribution < 1.29 is 0 Å². The quantitative estimate of drug-likeness (QED) is 0.632. The first-order chi connectivity index (χ1) is 5.68. The predicted octanol–water partition coefficient (Wildman–Crippen LogP) is 1.68. The highest BCUT2D eigenvalue weighted by molar-refractivity contribution is 6.18. The van der Waals surface area contributed by atoms with E-state index in [-0.39, 0.29) is 5.54 Å². The third kappa shape index (κ3) is 5.20. The summed E-state index contributed by atoms with van der Waals surface area (Å²) in [5, 5.41) is 0. The minimum atomic E-state index is -0.246. The second kappa shape index (κ2) is 6.96. The molecule has 0 saturated carbocycles. The van der Waals surface area contributed by atoms with Crippen molar-refractivity contribution in [3.8, 4) is 0 Å². The summed E-state index contributed by atoms with van der Waals surface area (Å²) in [5.74, 6) is 1.31. The van der Waals surface area contributed by atoms with Gasteiger partial charge < -0.3 is 11.5 Å². The van der Waals surface area contributed by atoms with E-state index in [1.807, 2.05) is 0 Å². The zero-order valence-corrected chi connectivity index (χ0v) is 8.87. The molecular weight excluding hydrogens is 195 g/mol. The van der Waals surface area contributed by atoms with Crippen LogP contribution in [0.4, 0.5) is 0 Å². The van der Waals surface area contributed by atoms with Crippen molar-refractivity contribution in [1.29, 1.82) is 0 Å². The molecule has 0 aromatic carbocycles. The van der Waals surface area contributed by atoms with Gasteiger partial charge in [0.05, 0.1) is 0 Å². The van der Waals surface area contributed by atoms with Gasteiger partial charge >= 0.3 is 0 Å². The van der Waals surface area contributed by atoms with E-state index in [0.717, 1.165) is 25.7 Å². The zero-order chi connectivity index (χ0) is 9.45. The summed E-state index contributed by atoms with van der Waals surface area (Å²) in [6, 6.07) is 0. The first-order valence-electron chi connectivity index (χ1n) is 4.29. The minimum Gasteiger partial charge on any atom is -0.329 e. The van der Waals surface area contributed by atoms with Crippen LogP contribution in [-0.4, -0.2) is 23.8 Å². The molecule has 74 valence electrons. The van der Waals surface area contributed by atoms with Crippen LogP contribution in [0.1, 0.15) is 25.7 Å². The number of rotatable bonds is 7. The van der Waals surface area contributed by atoms with E-state index < -0.39 is 0 Å². The molecule has 0 aliphatic heterocycles. The molecule has 0 radical (unpaired) electrons. The zero-order valence-electron chi connectivity index (χ0n) is 7.36. The molecule has 0 saturated heterocycles. The molecule has 2 nitrogen and oxygen atoms in total. The van der Waals surface area contributed by atoms with Crippen LogP contribution in [0.15, 0.2) is 0 Å². The fourth-order valence-corrected chi connectivity index (χ4v) is 1.43. The Hall–Kier alpha value is 0.500. The van der Waals surface area contributed by atoms with Crippen LogP contribution in [0.25, 0.3) is 0 Å². The number of alkyl halides is 2. The maximum Gasteiger partial charge on any atom is 0.0279 e. The molecular formula is C8H18Cl2N2. The third-order valence-electron chi connectivity index (χ3n) is 2.02. The Morgan fingerprint density at radius 3 is 1.67 bits per heavy atom. The summed E-state index contributed by atoms with van der Waals surface area (Å²) in [6.45, 7) is 0.515. The molecule has 0 bridgehead atoms. The van der Waals surface area contributed by atoms with E-state index in [4.69, 9.17) is 34.7 Å². The standard InChI is InChI=1S/C8H18Cl2N2/c9-5-1-3-8(12,7-11)4-2-6-10/h1-7,11-12H2. The molecule has 0 unspecified atom stereocenters. The van der Waals surface area contributed by atoms with Crippen molar-refractivity contribution >= 4 is 23.2 Å².